The largest absolute Gasteiger partial charge is 0.494 e. The van der Waals surface area contributed by atoms with Crippen molar-refractivity contribution in [2.45, 2.75) is 25.8 Å². The van der Waals surface area contributed by atoms with Gasteiger partial charge in [0.1, 0.15) is 11.5 Å². The number of carbonyl (C=O) groups excluding carboxylic acids is 3. The van der Waals surface area contributed by atoms with Gasteiger partial charge in [0.15, 0.2) is 0 Å². The molecule has 0 spiro atoms. The van der Waals surface area contributed by atoms with Crippen LogP contribution in [-0.2, 0) is 9.59 Å². The Kier molecular flexibility index (Phi) is 8.83. The van der Waals surface area contributed by atoms with Crippen LogP contribution in [0.15, 0.2) is 72.8 Å². The number of rotatable bonds is 10. The number of carbonyl (C=O) groups is 3. The second kappa shape index (κ2) is 12.2. The molecule has 0 saturated carbocycles. The van der Waals surface area contributed by atoms with Gasteiger partial charge in [-0.05, 0) is 24.6 Å². The molecule has 0 unspecified atom stereocenters. The highest BCUT2D eigenvalue weighted by Gasteiger charge is 2.17. The van der Waals surface area contributed by atoms with Crippen molar-refractivity contribution in [1.82, 2.24) is 5.32 Å². The fraction of sp³-hybridized carbons (Fsp3) is 0.222. The second-order valence-electron chi connectivity index (χ2n) is 7.82. The molecule has 8 heteroatoms. The zero-order valence-corrected chi connectivity index (χ0v) is 20.0. The summed E-state index contributed by atoms with van der Waals surface area (Å²) in [5.41, 5.74) is 2.24. The summed E-state index contributed by atoms with van der Waals surface area (Å²) in [6.45, 7) is 1.89. The molecule has 1 atom stereocenters. The summed E-state index contributed by atoms with van der Waals surface area (Å²) in [4.78, 5) is 37.4. The van der Waals surface area contributed by atoms with Gasteiger partial charge in [0, 0.05) is 30.5 Å². The fourth-order valence-electron chi connectivity index (χ4n) is 3.46. The van der Waals surface area contributed by atoms with Crippen LogP contribution in [0.25, 0.3) is 0 Å². The average Bonchev–Trinajstić information content (AvgIpc) is 2.89. The van der Waals surface area contributed by atoms with Crippen molar-refractivity contribution in [3.8, 4) is 11.5 Å². The fourth-order valence-corrected chi connectivity index (χ4v) is 3.46. The van der Waals surface area contributed by atoms with Gasteiger partial charge in [-0.25, -0.2) is 0 Å². The molecule has 182 valence electrons. The Bertz CT molecular complexity index is 1170. The van der Waals surface area contributed by atoms with Crippen LogP contribution in [0.1, 0.15) is 41.7 Å². The van der Waals surface area contributed by atoms with Gasteiger partial charge in [-0.3, -0.25) is 14.4 Å². The van der Waals surface area contributed by atoms with Crippen molar-refractivity contribution in [2.75, 3.05) is 24.9 Å². The van der Waals surface area contributed by atoms with Crippen molar-refractivity contribution in [1.29, 1.82) is 0 Å². The van der Waals surface area contributed by atoms with Gasteiger partial charge < -0.3 is 25.4 Å². The first-order valence-corrected chi connectivity index (χ1v) is 11.2. The highest BCUT2D eigenvalue weighted by atomic mass is 16.5. The summed E-state index contributed by atoms with van der Waals surface area (Å²) in [6, 6.07) is 21.3. The van der Waals surface area contributed by atoms with Crippen LogP contribution in [0.5, 0.6) is 11.5 Å². The maximum Gasteiger partial charge on any atom is 0.255 e. The van der Waals surface area contributed by atoms with Crippen molar-refractivity contribution >= 4 is 29.1 Å². The maximum atomic E-state index is 12.5. The number of methoxy groups -OCH3 is 2. The lowest BCUT2D eigenvalue weighted by molar-refractivity contribution is -0.124. The lowest BCUT2D eigenvalue weighted by Crippen LogP contribution is -2.27. The number of ether oxygens (including phenoxy) is 2. The summed E-state index contributed by atoms with van der Waals surface area (Å²) < 4.78 is 10.8. The van der Waals surface area contributed by atoms with E-state index in [1.807, 2.05) is 43.3 Å². The Balaban J connectivity index is 1.62. The summed E-state index contributed by atoms with van der Waals surface area (Å²) in [5, 5.41) is 8.44. The number of anilines is 2. The van der Waals surface area contributed by atoms with Gasteiger partial charge in [-0.2, -0.15) is 0 Å². The van der Waals surface area contributed by atoms with E-state index < -0.39 is 0 Å². The third-order valence-corrected chi connectivity index (χ3v) is 5.34. The van der Waals surface area contributed by atoms with E-state index in [2.05, 4.69) is 16.0 Å². The smallest absolute Gasteiger partial charge is 0.255 e. The monoisotopic (exact) mass is 475 g/mol. The first kappa shape index (κ1) is 25.3. The number of hydrogen-bond donors (Lipinski definition) is 3. The van der Waals surface area contributed by atoms with E-state index in [0.29, 0.717) is 28.4 Å². The summed E-state index contributed by atoms with van der Waals surface area (Å²) in [7, 11) is 2.92. The molecular weight excluding hydrogens is 446 g/mol. The van der Waals surface area contributed by atoms with Gasteiger partial charge in [0.2, 0.25) is 11.8 Å². The minimum absolute atomic E-state index is 0.00862. The molecule has 3 aromatic carbocycles. The lowest BCUT2D eigenvalue weighted by Gasteiger charge is -2.17. The molecule has 0 aromatic heterocycles. The van der Waals surface area contributed by atoms with Crippen LogP contribution in [0.4, 0.5) is 11.4 Å². The molecule has 0 aliphatic carbocycles. The zero-order chi connectivity index (χ0) is 25.2. The Morgan fingerprint density at radius 1 is 0.743 bits per heavy atom. The van der Waals surface area contributed by atoms with E-state index in [9.17, 15) is 14.4 Å². The molecule has 0 fully saturated rings. The molecule has 8 nitrogen and oxygen atoms in total. The maximum absolute atomic E-state index is 12.5. The van der Waals surface area contributed by atoms with Crippen LogP contribution >= 0.6 is 0 Å². The molecule has 3 aromatic rings. The van der Waals surface area contributed by atoms with E-state index in [0.717, 1.165) is 5.56 Å². The summed E-state index contributed by atoms with van der Waals surface area (Å²) >= 11 is 0. The van der Waals surface area contributed by atoms with E-state index in [1.165, 1.54) is 14.2 Å². The van der Waals surface area contributed by atoms with E-state index in [4.69, 9.17) is 9.47 Å². The Hall–Kier alpha value is -4.33. The summed E-state index contributed by atoms with van der Waals surface area (Å²) in [5.74, 6) is -0.197. The number of hydrogen-bond acceptors (Lipinski definition) is 5. The molecule has 0 bridgehead atoms. The number of benzene rings is 3. The molecule has 0 heterocycles. The van der Waals surface area contributed by atoms with Crippen molar-refractivity contribution < 1.29 is 23.9 Å². The Labute approximate surface area is 204 Å². The minimum atomic E-state index is -0.353. The van der Waals surface area contributed by atoms with Crippen molar-refractivity contribution in [2.24, 2.45) is 0 Å². The molecule has 0 radical (unpaired) electrons. The van der Waals surface area contributed by atoms with Crippen LogP contribution in [0, 0.1) is 0 Å². The molecule has 3 amide bonds. The first-order chi connectivity index (χ1) is 16.9. The van der Waals surface area contributed by atoms with Gasteiger partial charge in [-0.1, -0.05) is 48.5 Å². The Morgan fingerprint density at radius 2 is 1.26 bits per heavy atom. The molecule has 0 saturated heterocycles. The molecule has 0 aliphatic rings. The second-order valence-corrected chi connectivity index (χ2v) is 7.82. The van der Waals surface area contributed by atoms with E-state index in [1.54, 1.807) is 36.4 Å². The molecular formula is C27H29N3O5. The molecule has 35 heavy (non-hydrogen) atoms. The quantitative estimate of drug-likeness (QED) is 0.399. The van der Waals surface area contributed by atoms with Gasteiger partial charge in [0.05, 0.1) is 31.6 Å². The van der Waals surface area contributed by atoms with Crippen molar-refractivity contribution in [3.63, 3.8) is 0 Å². The third kappa shape index (κ3) is 7.07. The van der Waals surface area contributed by atoms with Gasteiger partial charge >= 0.3 is 0 Å². The number of amides is 3. The number of nitrogens with one attached hydrogen (secondary N) is 3. The van der Waals surface area contributed by atoms with E-state index >= 15 is 0 Å². The molecule has 0 aliphatic heterocycles. The van der Waals surface area contributed by atoms with Crippen LogP contribution in [-0.4, -0.2) is 31.9 Å². The standard InChI is InChI=1S/C27H29N3O5/c1-18(19-10-6-4-7-11-19)28-25(31)14-15-26(32)29-21-16-24(35-3)22(17-23(21)34-2)30-27(33)20-12-8-5-9-13-20/h4-13,16-18H,14-15H2,1-3H3,(H,28,31)(H,29,32)(H,30,33)/t18-/m0/s1. The lowest BCUT2D eigenvalue weighted by atomic mass is 10.1. The first-order valence-electron chi connectivity index (χ1n) is 11.2. The van der Waals surface area contributed by atoms with Gasteiger partial charge in [-0.15, -0.1) is 0 Å². The minimum Gasteiger partial charge on any atom is -0.494 e. The zero-order valence-electron chi connectivity index (χ0n) is 20.0. The van der Waals surface area contributed by atoms with E-state index in [-0.39, 0.29) is 36.6 Å². The highest BCUT2D eigenvalue weighted by molar-refractivity contribution is 6.05. The Morgan fingerprint density at radius 3 is 1.83 bits per heavy atom. The van der Waals surface area contributed by atoms with Crippen molar-refractivity contribution in [3.05, 3.63) is 83.9 Å². The van der Waals surface area contributed by atoms with Crippen LogP contribution in [0.3, 0.4) is 0 Å². The molecule has 3 N–H and O–H groups in total. The predicted octanol–water partition coefficient (Wildman–Crippen LogP) is 4.55. The topological polar surface area (TPSA) is 106 Å². The van der Waals surface area contributed by atoms with Crippen LogP contribution in [0.2, 0.25) is 0 Å². The summed E-state index contributed by atoms with van der Waals surface area (Å²) in [6.07, 6.45) is 0.0268. The third-order valence-electron chi connectivity index (χ3n) is 5.34. The average molecular weight is 476 g/mol. The normalized spacial score (nSPS) is 11.2. The van der Waals surface area contributed by atoms with Gasteiger partial charge in [0.25, 0.3) is 5.91 Å². The SMILES string of the molecule is COc1cc(NC(=O)c2ccccc2)c(OC)cc1NC(=O)CCC(=O)N[C@@H](C)c1ccccc1. The molecule has 3 rings (SSSR count). The van der Waals surface area contributed by atoms with Crippen LogP contribution < -0.4 is 25.4 Å². The highest BCUT2D eigenvalue weighted by Crippen LogP contribution is 2.36. The predicted molar refractivity (Wildman–Crippen MR) is 135 cm³/mol.